The number of nitrogens with zero attached hydrogens (tertiary/aromatic N) is 4. The number of nitrogens with one attached hydrogen (secondary N) is 1. The third-order valence-corrected chi connectivity index (χ3v) is 4.63. The molecule has 0 atom stereocenters. The van der Waals surface area contributed by atoms with E-state index in [-0.39, 0.29) is 23.6 Å². The normalized spacial score (nSPS) is 16.4. The number of rotatable bonds is 5. The number of non-ortho nitro benzene ring substituents is 1. The maximum absolute atomic E-state index is 11.8. The molecule has 0 spiro atoms. The fourth-order valence-corrected chi connectivity index (χ4v) is 3.08. The summed E-state index contributed by atoms with van der Waals surface area (Å²) in [5.74, 6) is 0.121. The maximum atomic E-state index is 11.8. The number of likely N-dealkylation sites (tertiary alicyclic amines) is 1. The van der Waals surface area contributed by atoms with Crippen molar-refractivity contribution in [1.29, 1.82) is 0 Å². The zero-order valence-corrected chi connectivity index (χ0v) is 14.5. The van der Waals surface area contributed by atoms with Crippen molar-refractivity contribution in [2.24, 2.45) is 5.92 Å². The van der Waals surface area contributed by atoms with E-state index in [1.54, 1.807) is 18.3 Å². The first-order valence-corrected chi connectivity index (χ1v) is 8.56. The van der Waals surface area contributed by atoms with Crippen LogP contribution in [0.15, 0.2) is 24.4 Å². The second kappa shape index (κ2) is 7.18. The average molecular weight is 345 g/mol. The van der Waals surface area contributed by atoms with Gasteiger partial charge in [-0.15, -0.1) is 0 Å². The molecule has 0 radical (unpaired) electrons. The van der Waals surface area contributed by atoms with Gasteiger partial charge in [-0.1, -0.05) is 13.8 Å². The van der Waals surface area contributed by atoms with Crippen molar-refractivity contribution in [3.8, 4) is 0 Å². The fraction of sp³-hybridized carbons (Fsp3) is 0.529. The first-order chi connectivity index (χ1) is 11.9. The molecule has 134 valence electrons. The van der Waals surface area contributed by atoms with E-state index >= 15 is 0 Å². The third kappa shape index (κ3) is 3.96. The molecule has 1 aliphatic rings. The highest BCUT2D eigenvalue weighted by Gasteiger charge is 2.22. The van der Waals surface area contributed by atoms with Crippen LogP contribution >= 0.6 is 0 Å². The van der Waals surface area contributed by atoms with Gasteiger partial charge in [0, 0.05) is 42.6 Å². The molecule has 1 fully saturated rings. The Labute approximate surface area is 145 Å². The molecule has 25 heavy (non-hydrogen) atoms. The van der Waals surface area contributed by atoms with E-state index in [9.17, 15) is 14.9 Å². The summed E-state index contributed by atoms with van der Waals surface area (Å²) in [7, 11) is 0. The van der Waals surface area contributed by atoms with Gasteiger partial charge in [-0.2, -0.15) is 5.10 Å². The molecule has 2 heterocycles. The molecule has 8 nitrogen and oxygen atoms in total. The molecule has 0 bridgehead atoms. The number of nitro benzene ring substituents is 1. The summed E-state index contributed by atoms with van der Waals surface area (Å²) in [5.41, 5.74) is 0.967. The minimum Gasteiger partial charge on any atom is -0.353 e. The number of carbonyl (C=O) groups is 1. The number of aromatic nitrogens is 2. The van der Waals surface area contributed by atoms with Crippen molar-refractivity contribution in [1.82, 2.24) is 20.0 Å². The lowest BCUT2D eigenvalue weighted by Crippen LogP contribution is -2.46. The van der Waals surface area contributed by atoms with E-state index in [0.29, 0.717) is 6.67 Å². The van der Waals surface area contributed by atoms with E-state index < -0.39 is 4.92 Å². The number of hydrogen-bond acceptors (Lipinski definition) is 5. The standard InChI is InChI=1S/C17H23N5O3/c1-12(2)17(23)19-14-5-7-20(8-6-14)11-21-16-4-3-15(22(24)25)9-13(16)10-18-21/h3-4,9-10,12,14H,5-8,11H2,1-2H3,(H,19,23). The second-order valence-electron chi connectivity index (χ2n) is 6.84. The molecule has 0 unspecified atom stereocenters. The van der Waals surface area contributed by atoms with Gasteiger partial charge in [0.05, 0.1) is 23.3 Å². The van der Waals surface area contributed by atoms with Gasteiger partial charge in [0.25, 0.3) is 5.69 Å². The number of piperidine rings is 1. The Morgan fingerprint density at radius 3 is 2.76 bits per heavy atom. The molecular weight excluding hydrogens is 322 g/mol. The van der Waals surface area contributed by atoms with E-state index in [2.05, 4.69) is 15.3 Å². The van der Waals surface area contributed by atoms with Gasteiger partial charge in [0.2, 0.25) is 5.91 Å². The van der Waals surface area contributed by atoms with Gasteiger partial charge in [-0.05, 0) is 18.9 Å². The number of fused-ring (bicyclic) bond motifs is 1. The molecule has 0 aliphatic carbocycles. The monoisotopic (exact) mass is 345 g/mol. The van der Waals surface area contributed by atoms with Gasteiger partial charge in [0.1, 0.15) is 0 Å². The predicted molar refractivity (Wildman–Crippen MR) is 94.0 cm³/mol. The molecule has 0 saturated carbocycles. The van der Waals surface area contributed by atoms with Crippen LogP contribution in [-0.2, 0) is 11.5 Å². The number of hydrogen-bond donors (Lipinski definition) is 1. The van der Waals surface area contributed by atoms with E-state index in [1.807, 2.05) is 18.5 Å². The summed E-state index contributed by atoms with van der Waals surface area (Å²) in [6.45, 7) is 6.22. The summed E-state index contributed by atoms with van der Waals surface area (Å²) in [4.78, 5) is 24.5. The van der Waals surface area contributed by atoms with E-state index in [0.717, 1.165) is 36.8 Å². The Morgan fingerprint density at radius 1 is 1.40 bits per heavy atom. The molecule has 1 amide bonds. The molecule has 2 aromatic rings. The Bertz CT molecular complexity index is 778. The van der Waals surface area contributed by atoms with Crippen LogP contribution in [0.5, 0.6) is 0 Å². The molecule has 3 rings (SSSR count). The number of nitro groups is 1. The van der Waals surface area contributed by atoms with Crippen molar-refractivity contribution in [2.45, 2.75) is 39.4 Å². The first kappa shape index (κ1) is 17.3. The average Bonchev–Trinajstić information content (AvgIpc) is 2.98. The Hall–Kier alpha value is -2.48. The third-order valence-electron chi connectivity index (χ3n) is 4.63. The summed E-state index contributed by atoms with van der Waals surface area (Å²) in [6, 6.07) is 5.04. The lowest BCUT2D eigenvalue weighted by atomic mass is 10.0. The topological polar surface area (TPSA) is 93.3 Å². The minimum absolute atomic E-state index is 0.0116. The molecule has 1 saturated heterocycles. The molecule has 1 aromatic carbocycles. The SMILES string of the molecule is CC(C)C(=O)NC1CCN(Cn2ncc3cc([N+](=O)[O-])ccc32)CC1. The molecule has 1 aliphatic heterocycles. The van der Waals surface area contributed by atoms with E-state index in [4.69, 9.17) is 0 Å². The Morgan fingerprint density at radius 2 is 2.12 bits per heavy atom. The van der Waals surface area contributed by atoms with Gasteiger partial charge in [-0.3, -0.25) is 24.5 Å². The van der Waals surface area contributed by atoms with Crippen molar-refractivity contribution in [2.75, 3.05) is 13.1 Å². The summed E-state index contributed by atoms with van der Waals surface area (Å²) in [5, 5.41) is 19.1. The zero-order valence-electron chi connectivity index (χ0n) is 14.5. The van der Waals surface area contributed by atoms with Crippen molar-refractivity contribution < 1.29 is 9.72 Å². The summed E-state index contributed by atoms with van der Waals surface area (Å²) >= 11 is 0. The zero-order chi connectivity index (χ0) is 18.0. The highest BCUT2D eigenvalue weighted by atomic mass is 16.6. The molecule has 1 aromatic heterocycles. The molecule has 8 heteroatoms. The van der Waals surface area contributed by atoms with Crippen molar-refractivity contribution >= 4 is 22.5 Å². The van der Waals surface area contributed by atoms with Crippen LogP contribution in [0.4, 0.5) is 5.69 Å². The van der Waals surface area contributed by atoms with Crippen LogP contribution in [0.3, 0.4) is 0 Å². The van der Waals surface area contributed by atoms with Crippen LogP contribution < -0.4 is 5.32 Å². The predicted octanol–water partition coefficient (Wildman–Crippen LogP) is 2.14. The summed E-state index contributed by atoms with van der Waals surface area (Å²) < 4.78 is 1.87. The smallest absolute Gasteiger partial charge is 0.270 e. The van der Waals surface area contributed by atoms with Crippen LogP contribution in [0.2, 0.25) is 0 Å². The maximum Gasteiger partial charge on any atom is 0.270 e. The van der Waals surface area contributed by atoms with Crippen LogP contribution in [0.1, 0.15) is 26.7 Å². The van der Waals surface area contributed by atoms with Gasteiger partial charge in [0.15, 0.2) is 0 Å². The van der Waals surface area contributed by atoms with Gasteiger partial charge >= 0.3 is 0 Å². The Kier molecular flexibility index (Phi) is 4.98. The highest BCUT2D eigenvalue weighted by molar-refractivity contribution is 5.81. The number of amides is 1. The lowest BCUT2D eigenvalue weighted by Gasteiger charge is -2.32. The van der Waals surface area contributed by atoms with Crippen LogP contribution in [0, 0.1) is 16.0 Å². The minimum atomic E-state index is -0.396. The van der Waals surface area contributed by atoms with Crippen molar-refractivity contribution in [3.63, 3.8) is 0 Å². The molecule has 1 N–H and O–H groups in total. The quantitative estimate of drug-likeness (QED) is 0.662. The lowest BCUT2D eigenvalue weighted by molar-refractivity contribution is -0.384. The van der Waals surface area contributed by atoms with Crippen LogP contribution in [-0.4, -0.2) is 44.6 Å². The van der Waals surface area contributed by atoms with E-state index in [1.165, 1.54) is 6.07 Å². The second-order valence-corrected chi connectivity index (χ2v) is 6.84. The number of benzene rings is 1. The fourth-order valence-electron chi connectivity index (χ4n) is 3.08. The largest absolute Gasteiger partial charge is 0.353 e. The van der Waals surface area contributed by atoms with Gasteiger partial charge in [-0.25, -0.2) is 0 Å². The van der Waals surface area contributed by atoms with Gasteiger partial charge < -0.3 is 5.32 Å². The number of carbonyl (C=O) groups excluding carboxylic acids is 1. The van der Waals surface area contributed by atoms with Crippen molar-refractivity contribution in [3.05, 3.63) is 34.5 Å². The highest BCUT2D eigenvalue weighted by Crippen LogP contribution is 2.21. The van der Waals surface area contributed by atoms with Crippen LogP contribution in [0.25, 0.3) is 10.9 Å². The first-order valence-electron chi connectivity index (χ1n) is 8.56. The molecular formula is C17H23N5O3. The Balaban J connectivity index is 1.60. The summed E-state index contributed by atoms with van der Waals surface area (Å²) in [6.07, 6.45) is 3.50.